The highest BCUT2D eigenvalue weighted by molar-refractivity contribution is 6.40. The molecule has 2 amide bonds. The third kappa shape index (κ3) is 3.61. The maximum Gasteiger partial charge on any atom is 0.316 e. The molecule has 1 heterocycles. The second-order valence-electron chi connectivity index (χ2n) is 5.23. The molecule has 0 saturated carbocycles. The van der Waals surface area contributed by atoms with E-state index in [4.69, 9.17) is 0 Å². The smallest absolute Gasteiger partial charge is 0.316 e. The van der Waals surface area contributed by atoms with Gasteiger partial charge in [-0.15, -0.1) is 0 Å². The van der Waals surface area contributed by atoms with Crippen molar-refractivity contribution in [2.75, 3.05) is 37.6 Å². The van der Waals surface area contributed by atoms with Gasteiger partial charge in [0, 0.05) is 31.9 Å². The minimum absolute atomic E-state index is 0.399. The standard InChI is InChI=1S/C16H23N3O2/c1-3-19(14-8-5-4-7-13(14)2)16(21)15(20)18-11-6-9-17-10-12-18/h4-5,7-8,17H,3,6,9-12H2,1-2H3. The molecule has 1 aromatic rings. The SMILES string of the molecule is CCN(C(=O)C(=O)N1CCCNCC1)c1ccccc1C. The molecule has 0 aromatic heterocycles. The number of anilines is 1. The van der Waals surface area contributed by atoms with E-state index in [-0.39, 0.29) is 0 Å². The molecule has 0 radical (unpaired) electrons. The summed E-state index contributed by atoms with van der Waals surface area (Å²) in [5, 5.41) is 3.24. The van der Waals surface area contributed by atoms with Crippen molar-refractivity contribution in [3.8, 4) is 0 Å². The summed E-state index contributed by atoms with van der Waals surface area (Å²) in [5.74, 6) is -0.836. The first-order chi connectivity index (χ1) is 10.1. The number of aryl methyl sites for hydroxylation is 1. The largest absolute Gasteiger partial charge is 0.333 e. The van der Waals surface area contributed by atoms with Crippen molar-refractivity contribution in [1.82, 2.24) is 10.2 Å². The Morgan fingerprint density at radius 3 is 2.71 bits per heavy atom. The van der Waals surface area contributed by atoms with E-state index in [0.717, 1.165) is 30.8 Å². The van der Waals surface area contributed by atoms with Crippen molar-refractivity contribution < 1.29 is 9.59 Å². The van der Waals surface area contributed by atoms with Gasteiger partial charge in [0.05, 0.1) is 0 Å². The number of para-hydroxylation sites is 1. The lowest BCUT2D eigenvalue weighted by atomic mass is 10.1. The van der Waals surface area contributed by atoms with Crippen LogP contribution in [-0.2, 0) is 9.59 Å². The fourth-order valence-corrected chi connectivity index (χ4v) is 2.59. The number of rotatable bonds is 2. The van der Waals surface area contributed by atoms with Gasteiger partial charge in [-0.1, -0.05) is 18.2 Å². The molecule has 21 heavy (non-hydrogen) atoms. The summed E-state index contributed by atoms with van der Waals surface area (Å²) in [6.07, 6.45) is 0.884. The van der Waals surface area contributed by atoms with Crippen molar-refractivity contribution in [2.24, 2.45) is 0 Å². The Bertz CT molecular complexity index is 508. The van der Waals surface area contributed by atoms with Gasteiger partial charge in [0.1, 0.15) is 0 Å². The summed E-state index contributed by atoms with van der Waals surface area (Å²) in [6.45, 7) is 7.20. The number of hydrogen-bond donors (Lipinski definition) is 1. The summed E-state index contributed by atoms with van der Waals surface area (Å²) in [6, 6.07) is 7.65. The van der Waals surface area contributed by atoms with E-state index in [9.17, 15) is 9.59 Å². The van der Waals surface area contributed by atoms with Gasteiger partial charge in [-0.05, 0) is 38.4 Å². The Morgan fingerprint density at radius 2 is 2.00 bits per heavy atom. The summed E-state index contributed by atoms with van der Waals surface area (Å²) in [4.78, 5) is 28.2. The maximum atomic E-state index is 12.6. The first-order valence-electron chi connectivity index (χ1n) is 7.52. The number of benzene rings is 1. The minimum Gasteiger partial charge on any atom is -0.333 e. The van der Waals surface area contributed by atoms with Crippen LogP contribution in [0.5, 0.6) is 0 Å². The van der Waals surface area contributed by atoms with E-state index in [2.05, 4.69) is 5.32 Å². The number of likely N-dealkylation sites (N-methyl/N-ethyl adjacent to an activating group) is 1. The van der Waals surface area contributed by atoms with Crippen LogP contribution in [-0.4, -0.2) is 49.4 Å². The molecule has 2 rings (SSSR count). The fourth-order valence-electron chi connectivity index (χ4n) is 2.59. The minimum atomic E-state index is -0.436. The molecule has 1 N–H and O–H groups in total. The van der Waals surface area contributed by atoms with E-state index in [0.29, 0.717) is 19.6 Å². The molecule has 0 aliphatic carbocycles. The summed E-state index contributed by atoms with van der Waals surface area (Å²) in [7, 11) is 0. The summed E-state index contributed by atoms with van der Waals surface area (Å²) < 4.78 is 0. The molecule has 0 unspecified atom stereocenters. The van der Waals surface area contributed by atoms with Crippen LogP contribution in [0.3, 0.4) is 0 Å². The Balaban J connectivity index is 2.16. The van der Waals surface area contributed by atoms with Gasteiger partial charge >= 0.3 is 11.8 Å². The predicted molar refractivity (Wildman–Crippen MR) is 83.3 cm³/mol. The first-order valence-corrected chi connectivity index (χ1v) is 7.52. The zero-order valence-electron chi connectivity index (χ0n) is 12.8. The van der Waals surface area contributed by atoms with Gasteiger partial charge in [0.2, 0.25) is 0 Å². The molecule has 0 bridgehead atoms. The number of hydrogen-bond acceptors (Lipinski definition) is 3. The molecule has 0 atom stereocenters. The number of carbonyl (C=O) groups excluding carboxylic acids is 2. The number of carbonyl (C=O) groups is 2. The van der Waals surface area contributed by atoms with E-state index >= 15 is 0 Å². The highest BCUT2D eigenvalue weighted by atomic mass is 16.2. The van der Waals surface area contributed by atoms with Crippen LogP contribution >= 0.6 is 0 Å². The van der Waals surface area contributed by atoms with Crippen LogP contribution in [0.4, 0.5) is 5.69 Å². The Labute approximate surface area is 125 Å². The van der Waals surface area contributed by atoms with E-state index in [1.807, 2.05) is 38.1 Å². The average molecular weight is 289 g/mol. The molecule has 1 aromatic carbocycles. The Kier molecular flexibility index (Phi) is 5.33. The van der Waals surface area contributed by atoms with E-state index in [1.54, 1.807) is 9.80 Å². The van der Waals surface area contributed by atoms with Crippen LogP contribution in [0.1, 0.15) is 18.9 Å². The van der Waals surface area contributed by atoms with Gasteiger partial charge in [0.15, 0.2) is 0 Å². The lowest BCUT2D eigenvalue weighted by molar-refractivity contribution is -0.144. The lowest BCUT2D eigenvalue weighted by Gasteiger charge is -2.26. The fraction of sp³-hybridized carbons (Fsp3) is 0.500. The molecule has 0 spiro atoms. The van der Waals surface area contributed by atoms with Crippen molar-refractivity contribution in [3.63, 3.8) is 0 Å². The first kappa shape index (κ1) is 15.5. The monoisotopic (exact) mass is 289 g/mol. The molecule has 1 aliphatic heterocycles. The van der Waals surface area contributed by atoms with Crippen molar-refractivity contribution >= 4 is 17.5 Å². The molecule has 1 fully saturated rings. The quantitative estimate of drug-likeness (QED) is 0.832. The zero-order valence-corrected chi connectivity index (χ0v) is 12.8. The van der Waals surface area contributed by atoms with Crippen molar-refractivity contribution in [2.45, 2.75) is 20.3 Å². The topological polar surface area (TPSA) is 52.7 Å². The van der Waals surface area contributed by atoms with Gasteiger partial charge in [-0.2, -0.15) is 0 Å². The number of nitrogens with one attached hydrogen (secondary N) is 1. The molecule has 114 valence electrons. The predicted octanol–water partition coefficient (Wildman–Crippen LogP) is 1.17. The summed E-state index contributed by atoms with van der Waals surface area (Å²) in [5.41, 5.74) is 1.81. The van der Waals surface area contributed by atoms with Crippen LogP contribution < -0.4 is 10.2 Å². The van der Waals surface area contributed by atoms with Crippen LogP contribution in [0, 0.1) is 6.92 Å². The number of nitrogens with zero attached hydrogens (tertiary/aromatic N) is 2. The second-order valence-corrected chi connectivity index (χ2v) is 5.23. The zero-order chi connectivity index (χ0) is 15.2. The normalized spacial score (nSPS) is 15.4. The average Bonchev–Trinajstić information content (AvgIpc) is 2.78. The molecule has 5 nitrogen and oxygen atoms in total. The summed E-state index contributed by atoms with van der Waals surface area (Å²) >= 11 is 0. The third-order valence-corrected chi connectivity index (χ3v) is 3.78. The van der Waals surface area contributed by atoms with Gasteiger partial charge in [-0.25, -0.2) is 0 Å². The third-order valence-electron chi connectivity index (χ3n) is 3.78. The van der Waals surface area contributed by atoms with Gasteiger partial charge < -0.3 is 15.1 Å². The maximum absolute atomic E-state index is 12.6. The Hall–Kier alpha value is -1.88. The van der Waals surface area contributed by atoms with Gasteiger partial charge in [0.25, 0.3) is 0 Å². The van der Waals surface area contributed by atoms with E-state index in [1.165, 1.54) is 0 Å². The van der Waals surface area contributed by atoms with Crippen LogP contribution in [0.15, 0.2) is 24.3 Å². The molecule has 5 heteroatoms. The van der Waals surface area contributed by atoms with E-state index < -0.39 is 11.8 Å². The highest BCUT2D eigenvalue weighted by Crippen LogP contribution is 2.19. The second kappa shape index (κ2) is 7.22. The Morgan fingerprint density at radius 1 is 1.24 bits per heavy atom. The molecule has 1 aliphatic rings. The molecule has 1 saturated heterocycles. The molecular weight excluding hydrogens is 266 g/mol. The van der Waals surface area contributed by atoms with Crippen LogP contribution in [0.25, 0.3) is 0 Å². The number of amides is 2. The molecular formula is C16H23N3O2. The highest BCUT2D eigenvalue weighted by Gasteiger charge is 2.28. The van der Waals surface area contributed by atoms with Crippen LogP contribution in [0.2, 0.25) is 0 Å². The van der Waals surface area contributed by atoms with Crippen molar-refractivity contribution in [1.29, 1.82) is 0 Å². The van der Waals surface area contributed by atoms with Gasteiger partial charge in [-0.3, -0.25) is 9.59 Å². The lowest BCUT2D eigenvalue weighted by Crippen LogP contribution is -2.46. The van der Waals surface area contributed by atoms with Crippen molar-refractivity contribution in [3.05, 3.63) is 29.8 Å².